The van der Waals surface area contributed by atoms with Crippen molar-refractivity contribution < 1.29 is 4.74 Å². The Labute approximate surface area is 68.4 Å². The fraction of sp³-hybridized carbons (Fsp3) is 0.875. The monoisotopic (exact) mass is 158 g/mol. The molecule has 3 heteroatoms. The number of hydrogen-bond donors (Lipinski definition) is 2. The van der Waals surface area contributed by atoms with E-state index in [9.17, 15) is 0 Å². The molecule has 66 valence electrons. The molecule has 0 bridgehead atoms. The van der Waals surface area contributed by atoms with Crippen LogP contribution >= 0.6 is 0 Å². The summed E-state index contributed by atoms with van der Waals surface area (Å²) in [5.41, 5.74) is 5.16. The van der Waals surface area contributed by atoms with Crippen molar-refractivity contribution in [1.82, 2.24) is 0 Å². The molecule has 0 rings (SSSR count). The topological polar surface area (TPSA) is 59.1 Å². The molecule has 0 fully saturated rings. The molecule has 0 aliphatic heterocycles. The molecule has 0 spiro atoms. The number of hydrogen-bond acceptors (Lipinski definition) is 2. The molecule has 0 unspecified atom stereocenters. The summed E-state index contributed by atoms with van der Waals surface area (Å²) in [5, 5.41) is 6.94. The summed E-state index contributed by atoms with van der Waals surface area (Å²) < 4.78 is 5.29. The molecule has 0 aromatic rings. The normalized spacial score (nSPS) is 10.5. The van der Waals surface area contributed by atoms with Crippen LogP contribution in [-0.2, 0) is 4.74 Å². The molecule has 0 atom stereocenters. The van der Waals surface area contributed by atoms with Gasteiger partial charge in [0.25, 0.3) is 0 Å². The third kappa shape index (κ3) is 9.43. The van der Waals surface area contributed by atoms with E-state index in [0.29, 0.717) is 12.3 Å². The highest BCUT2D eigenvalue weighted by Gasteiger charge is 1.94. The van der Waals surface area contributed by atoms with Crippen molar-refractivity contribution in [2.45, 2.75) is 26.7 Å². The highest BCUT2D eigenvalue weighted by Crippen LogP contribution is 1.94. The average molecular weight is 158 g/mol. The molecular formula is C8H18N2O. The second kappa shape index (κ2) is 6.16. The van der Waals surface area contributed by atoms with E-state index in [1.807, 2.05) is 0 Å². The van der Waals surface area contributed by atoms with Crippen LogP contribution in [-0.4, -0.2) is 19.0 Å². The van der Waals surface area contributed by atoms with Gasteiger partial charge in [0.05, 0.1) is 5.84 Å². The van der Waals surface area contributed by atoms with Crippen molar-refractivity contribution >= 4 is 5.84 Å². The molecule has 3 N–H and O–H groups in total. The van der Waals surface area contributed by atoms with Crippen LogP contribution in [0, 0.1) is 11.3 Å². The first-order valence-electron chi connectivity index (χ1n) is 4.03. The summed E-state index contributed by atoms with van der Waals surface area (Å²) in [5.74, 6) is 0.838. The Morgan fingerprint density at radius 1 is 1.55 bits per heavy atom. The summed E-state index contributed by atoms with van der Waals surface area (Å²) in [6.07, 6.45) is 1.51. The average Bonchev–Trinajstić information content (AvgIpc) is 1.85. The van der Waals surface area contributed by atoms with Crippen molar-refractivity contribution in [3.8, 4) is 0 Å². The van der Waals surface area contributed by atoms with Crippen molar-refractivity contribution in [2.75, 3.05) is 13.2 Å². The molecule has 0 aromatic heterocycles. The van der Waals surface area contributed by atoms with Gasteiger partial charge in [0.2, 0.25) is 0 Å². The summed E-state index contributed by atoms with van der Waals surface area (Å²) in [4.78, 5) is 0. The Morgan fingerprint density at radius 3 is 2.64 bits per heavy atom. The highest BCUT2D eigenvalue weighted by atomic mass is 16.5. The lowest BCUT2D eigenvalue weighted by Gasteiger charge is -2.05. The fourth-order valence-corrected chi connectivity index (χ4v) is 0.684. The van der Waals surface area contributed by atoms with E-state index in [1.54, 1.807) is 0 Å². The third-order valence-electron chi connectivity index (χ3n) is 1.19. The summed E-state index contributed by atoms with van der Waals surface area (Å²) in [6, 6.07) is 0. The van der Waals surface area contributed by atoms with E-state index < -0.39 is 0 Å². The van der Waals surface area contributed by atoms with Crippen molar-refractivity contribution in [1.29, 1.82) is 5.41 Å². The SMILES string of the molecule is CC(C)COCCCC(=N)N. The van der Waals surface area contributed by atoms with Crippen molar-refractivity contribution in [2.24, 2.45) is 11.7 Å². The largest absolute Gasteiger partial charge is 0.388 e. The lowest BCUT2D eigenvalue weighted by Crippen LogP contribution is -2.11. The van der Waals surface area contributed by atoms with E-state index in [0.717, 1.165) is 19.6 Å². The van der Waals surface area contributed by atoms with Gasteiger partial charge in [0, 0.05) is 19.6 Å². The first kappa shape index (κ1) is 10.4. The van der Waals surface area contributed by atoms with E-state index >= 15 is 0 Å². The van der Waals surface area contributed by atoms with Crippen LogP contribution in [0.5, 0.6) is 0 Å². The van der Waals surface area contributed by atoms with Gasteiger partial charge in [-0.3, -0.25) is 5.41 Å². The van der Waals surface area contributed by atoms with Crippen LogP contribution in [0.2, 0.25) is 0 Å². The number of nitrogens with one attached hydrogen (secondary N) is 1. The zero-order valence-corrected chi connectivity index (χ0v) is 7.39. The smallest absolute Gasteiger partial charge is 0.0906 e. The fourth-order valence-electron chi connectivity index (χ4n) is 0.684. The maximum Gasteiger partial charge on any atom is 0.0906 e. The zero-order valence-electron chi connectivity index (χ0n) is 7.39. The van der Waals surface area contributed by atoms with Gasteiger partial charge in [0.15, 0.2) is 0 Å². The van der Waals surface area contributed by atoms with Crippen LogP contribution < -0.4 is 5.73 Å². The van der Waals surface area contributed by atoms with Gasteiger partial charge in [-0.2, -0.15) is 0 Å². The molecule has 0 amide bonds. The van der Waals surface area contributed by atoms with Crippen LogP contribution in [0.3, 0.4) is 0 Å². The lowest BCUT2D eigenvalue weighted by molar-refractivity contribution is 0.109. The molecular weight excluding hydrogens is 140 g/mol. The van der Waals surface area contributed by atoms with Crippen LogP contribution in [0.4, 0.5) is 0 Å². The standard InChI is InChI=1S/C8H18N2O/c1-7(2)6-11-5-3-4-8(9)10/h7H,3-6H2,1-2H3,(H3,9,10). The molecule has 0 radical (unpaired) electrons. The minimum absolute atomic E-state index is 0.248. The number of ether oxygens (including phenoxy) is 1. The van der Waals surface area contributed by atoms with Crippen LogP contribution in [0.1, 0.15) is 26.7 Å². The van der Waals surface area contributed by atoms with E-state index in [1.165, 1.54) is 0 Å². The Kier molecular flexibility index (Phi) is 5.84. The molecule has 0 aromatic carbocycles. The maximum atomic E-state index is 6.94. The predicted octanol–water partition coefficient (Wildman–Crippen LogP) is 1.38. The van der Waals surface area contributed by atoms with Gasteiger partial charge in [-0.1, -0.05) is 13.8 Å². The summed E-state index contributed by atoms with van der Waals surface area (Å²) in [6.45, 7) is 5.76. The van der Waals surface area contributed by atoms with Gasteiger partial charge in [-0.25, -0.2) is 0 Å². The number of amidine groups is 1. The molecule has 3 nitrogen and oxygen atoms in total. The Hall–Kier alpha value is -0.570. The summed E-state index contributed by atoms with van der Waals surface area (Å²) in [7, 11) is 0. The maximum absolute atomic E-state index is 6.94. The first-order valence-corrected chi connectivity index (χ1v) is 4.03. The second-order valence-electron chi connectivity index (χ2n) is 3.10. The van der Waals surface area contributed by atoms with Gasteiger partial charge < -0.3 is 10.5 Å². The van der Waals surface area contributed by atoms with Gasteiger partial charge in [-0.05, 0) is 12.3 Å². The molecule has 0 aliphatic carbocycles. The van der Waals surface area contributed by atoms with E-state index in [4.69, 9.17) is 15.9 Å². The molecule has 0 aliphatic rings. The van der Waals surface area contributed by atoms with E-state index in [-0.39, 0.29) is 5.84 Å². The lowest BCUT2D eigenvalue weighted by atomic mass is 10.2. The van der Waals surface area contributed by atoms with Gasteiger partial charge in [0.1, 0.15) is 0 Å². The number of rotatable bonds is 6. The predicted molar refractivity (Wildman–Crippen MR) is 46.8 cm³/mol. The van der Waals surface area contributed by atoms with Crippen LogP contribution in [0.15, 0.2) is 0 Å². The minimum Gasteiger partial charge on any atom is -0.388 e. The molecule has 0 saturated heterocycles. The van der Waals surface area contributed by atoms with Gasteiger partial charge >= 0.3 is 0 Å². The molecule has 11 heavy (non-hydrogen) atoms. The van der Waals surface area contributed by atoms with Crippen LogP contribution in [0.25, 0.3) is 0 Å². The Bertz CT molecular complexity index is 113. The Balaban J connectivity index is 2.97. The minimum atomic E-state index is 0.248. The quantitative estimate of drug-likeness (QED) is 0.348. The molecule has 0 heterocycles. The highest BCUT2D eigenvalue weighted by molar-refractivity contribution is 5.76. The number of nitrogens with two attached hydrogens (primary N) is 1. The first-order chi connectivity index (χ1) is 5.13. The van der Waals surface area contributed by atoms with Crippen molar-refractivity contribution in [3.05, 3.63) is 0 Å². The molecule has 0 saturated carbocycles. The zero-order chi connectivity index (χ0) is 8.69. The second-order valence-corrected chi connectivity index (χ2v) is 3.10. The third-order valence-corrected chi connectivity index (χ3v) is 1.19. The van der Waals surface area contributed by atoms with Crippen molar-refractivity contribution in [3.63, 3.8) is 0 Å². The van der Waals surface area contributed by atoms with Gasteiger partial charge in [-0.15, -0.1) is 0 Å². The summed E-state index contributed by atoms with van der Waals surface area (Å²) >= 11 is 0. The van der Waals surface area contributed by atoms with E-state index in [2.05, 4.69) is 13.8 Å². The Morgan fingerprint density at radius 2 is 2.18 bits per heavy atom.